The Bertz CT molecular complexity index is 842. The second-order valence-corrected chi connectivity index (χ2v) is 5.90. The van der Waals surface area contributed by atoms with Crippen molar-refractivity contribution < 1.29 is 0 Å². The van der Waals surface area contributed by atoms with Crippen LogP contribution < -0.4 is 4.90 Å². The lowest BCUT2D eigenvalue weighted by Crippen LogP contribution is -2.35. The van der Waals surface area contributed by atoms with Crippen molar-refractivity contribution in [3.8, 4) is 0 Å². The molecule has 0 bridgehead atoms. The summed E-state index contributed by atoms with van der Waals surface area (Å²) >= 11 is 0. The fraction of sp³-hybridized carbons (Fsp3) is 0.467. The smallest absolute Gasteiger partial charge is 0.183 e. The number of fused-ring (bicyclic) bond motifs is 1. The van der Waals surface area contributed by atoms with E-state index in [-0.39, 0.29) is 0 Å². The van der Waals surface area contributed by atoms with Gasteiger partial charge in [-0.05, 0) is 25.8 Å². The number of piperidine rings is 1. The van der Waals surface area contributed by atoms with Crippen molar-refractivity contribution in [3.63, 3.8) is 0 Å². The Morgan fingerprint density at radius 1 is 1.22 bits per heavy atom. The summed E-state index contributed by atoms with van der Waals surface area (Å²) < 4.78 is 1.68. The van der Waals surface area contributed by atoms with Gasteiger partial charge in [-0.15, -0.1) is 5.10 Å². The highest BCUT2D eigenvalue weighted by Crippen LogP contribution is 2.30. The lowest BCUT2D eigenvalue weighted by molar-refractivity contribution is 0.497. The van der Waals surface area contributed by atoms with Crippen LogP contribution in [0.3, 0.4) is 0 Å². The summed E-state index contributed by atoms with van der Waals surface area (Å²) in [6, 6.07) is 2.01. The van der Waals surface area contributed by atoms with Gasteiger partial charge in [0.2, 0.25) is 0 Å². The Kier molecular flexibility index (Phi) is 3.36. The van der Waals surface area contributed by atoms with Crippen molar-refractivity contribution >= 4 is 17.0 Å². The molecule has 0 aromatic carbocycles. The van der Waals surface area contributed by atoms with Gasteiger partial charge in [-0.3, -0.25) is 0 Å². The molecule has 3 aromatic rings. The highest BCUT2D eigenvalue weighted by atomic mass is 15.4. The summed E-state index contributed by atoms with van der Waals surface area (Å²) in [6.45, 7) is 3.76. The first kappa shape index (κ1) is 14.0. The van der Waals surface area contributed by atoms with E-state index >= 15 is 0 Å². The SMILES string of the molecule is Cc1nccc(C2CCCN(c3ncnc4c3nnn4C)C2)n1. The topological polar surface area (TPSA) is 85.5 Å². The van der Waals surface area contributed by atoms with Crippen LogP contribution in [0, 0.1) is 6.92 Å². The Hall–Kier alpha value is -2.64. The number of aryl methyl sites for hydroxylation is 2. The van der Waals surface area contributed by atoms with Gasteiger partial charge in [0.15, 0.2) is 17.0 Å². The van der Waals surface area contributed by atoms with Crippen LogP contribution in [0.5, 0.6) is 0 Å². The number of nitrogens with zero attached hydrogens (tertiary/aromatic N) is 8. The first-order chi connectivity index (χ1) is 11.2. The van der Waals surface area contributed by atoms with Gasteiger partial charge in [-0.25, -0.2) is 24.6 Å². The van der Waals surface area contributed by atoms with E-state index in [1.54, 1.807) is 11.0 Å². The average molecular weight is 310 g/mol. The van der Waals surface area contributed by atoms with E-state index in [0.717, 1.165) is 54.4 Å². The Balaban J connectivity index is 1.66. The standard InChI is InChI=1S/C15H18N8/c1-10-16-6-5-12(19-10)11-4-3-7-23(8-11)15-13-14(17-9-18-15)22(2)21-20-13/h5-6,9,11H,3-4,7-8H2,1-2H3. The van der Waals surface area contributed by atoms with E-state index in [1.165, 1.54) is 0 Å². The number of anilines is 1. The minimum atomic E-state index is 0.382. The lowest BCUT2D eigenvalue weighted by atomic mass is 9.94. The predicted molar refractivity (Wildman–Crippen MR) is 85.1 cm³/mol. The van der Waals surface area contributed by atoms with Crippen molar-refractivity contribution in [3.05, 3.63) is 30.1 Å². The monoisotopic (exact) mass is 310 g/mol. The highest BCUT2D eigenvalue weighted by Gasteiger charge is 2.25. The summed E-state index contributed by atoms with van der Waals surface area (Å²) in [5.41, 5.74) is 2.62. The molecule has 0 amide bonds. The minimum Gasteiger partial charge on any atom is -0.354 e. The zero-order valence-electron chi connectivity index (χ0n) is 13.2. The second kappa shape index (κ2) is 5.53. The molecule has 0 N–H and O–H groups in total. The van der Waals surface area contributed by atoms with Gasteiger partial charge in [0, 0.05) is 37.9 Å². The van der Waals surface area contributed by atoms with Gasteiger partial charge in [-0.1, -0.05) is 5.21 Å². The van der Waals surface area contributed by atoms with Crippen molar-refractivity contribution in [2.45, 2.75) is 25.7 Å². The molecular weight excluding hydrogens is 292 g/mol. The van der Waals surface area contributed by atoms with Gasteiger partial charge in [-0.2, -0.15) is 0 Å². The number of rotatable bonds is 2. The van der Waals surface area contributed by atoms with Crippen molar-refractivity contribution in [1.29, 1.82) is 0 Å². The van der Waals surface area contributed by atoms with Crippen LogP contribution in [0.1, 0.15) is 30.3 Å². The Morgan fingerprint density at radius 2 is 2.13 bits per heavy atom. The molecule has 1 fully saturated rings. The first-order valence-corrected chi connectivity index (χ1v) is 7.77. The molecule has 4 heterocycles. The van der Waals surface area contributed by atoms with E-state index in [1.807, 2.05) is 26.2 Å². The Morgan fingerprint density at radius 3 is 3.00 bits per heavy atom. The third kappa shape index (κ3) is 2.49. The average Bonchev–Trinajstić information content (AvgIpc) is 2.96. The molecule has 1 saturated heterocycles. The fourth-order valence-corrected chi connectivity index (χ4v) is 3.19. The number of hydrogen-bond donors (Lipinski definition) is 0. The van der Waals surface area contributed by atoms with E-state index in [4.69, 9.17) is 0 Å². The van der Waals surface area contributed by atoms with Gasteiger partial charge in [0.1, 0.15) is 12.2 Å². The van der Waals surface area contributed by atoms with Crippen LogP contribution in [-0.2, 0) is 7.05 Å². The molecule has 0 spiro atoms. The quantitative estimate of drug-likeness (QED) is 0.704. The van der Waals surface area contributed by atoms with Crippen LogP contribution in [0.2, 0.25) is 0 Å². The van der Waals surface area contributed by atoms with Crippen LogP contribution in [0.4, 0.5) is 5.82 Å². The summed E-state index contributed by atoms with van der Waals surface area (Å²) in [5.74, 6) is 2.06. The molecule has 3 aromatic heterocycles. The summed E-state index contributed by atoms with van der Waals surface area (Å²) in [7, 11) is 1.84. The van der Waals surface area contributed by atoms with Crippen molar-refractivity contribution in [2.75, 3.05) is 18.0 Å². The number of hydrogen-bond acceptors (Lipinski definition) is 7. The molecule has 1 aliphatic heterocycles. The van der Waals surface area contributed by atoms with Crippen molar-refractivity contribution in [2.24, 2.45) is 7.05 Å². The first-order valence-electron chi connectivity index (χ1n) is 7.77. The highest BCUT2D eigenvalue weighted by molar-refractivity contribution is 5.82. The molecule has 1 aliphatic rings. The van der Waals surface area contributed by atoms with Gasteiger partial charge >= 0.3 is 0 Å². The molecule has 8 heteroatoms. The third-order valence-corrected chi connectivity index (χ3v) is 4.31. The molecule has 1 atom stereocenters. The van der Waals surface area contributed by atoms with Gasteiger partial charge in [0.05, 0.1) is 0 Å². The van der Waals surface area contributed by atoms with Gasteiger partial charge < -0.3 is 4.90 Å². The van der Waals surface area contributed by atoms with Crippen LogP contribution in [-0.4, -0.2) is 48.0 Å². The van der Waals surface area contributed by atoms with Crippen LogP contribution in [0.25, 0.3) is 11.2 Å². The van der Waals surface area contributed by atoms with Crippen LogP contribution in [0.15, 0.2) is 18.6 Å². The maximum Gasteiger partial charge on any atom is 0.183 e. The van der Waals surface area contributed by atoms with E-state index in [0.29, 0.717) is 5.92 Å². The predicted octanol–water partition coefficient (Wildman–Crippen LogP) is 1.24. The maximum atomic E-state index is 4.59. The molecule has 8 nitrogen and oxygen atoms in total. The maximum absolute atomic E-state index is 4.59. The zero-order valence-corrected chi connectivity index (χ0v) is 13.2. The summed E-state index contributed by atoms with van der Waals surface area (Å²) in [5, 5.41) is 8.28. The lowest BCUT2D eigenvalue weighted by Gasteiger charge is -2.33. The molecule has 0 saturated carbocycles. The van der Waals surface area contributed by atoms with E-state index < -0.39 is 0 Å². The Labute approximate surface area is 133 Å². The largest absolute Gasteiger partial charge is 0.354 e. The molecule has 23 heavy (non-hydrogen) atoms. The molecule has 118 valence electrons. The zero-order chi connectivity index (χ0) is 15.8. The fourth-order valence-electron chi connectivity index (χ4n) is 3.19. The normalized spacial score (nSPS) is 18.5. The summed E-state index contributed by atoms with van der Waals surface area (Å²) in [6.07, 6.45) is 5.64. The van der Waals surface area contributed by atoms with Gasteiger partial charge in [0.25, 0.3) is 0 Å². The number of aromatic nitrogens is 7. The molecule has 1 unspecified atom stereocenters. The molecule has 0 radical (unpaired) electrons. The van der Waals surface area contributed by atoms with Crippen molar-refractivity contribution in [1.82, 2.24) is 34.9 Å². The van der Waals surface area contributed by atoms with Crippen LogP contribution >= 0.6 is 0 Å². The molecular formula is C15H18N8. The molecule has 4 rings (SSSR count). The molecule has 0 aliphatic carbocycles. The van der Waals surface area contributed by atoms with E-state index in [2.05, 4.69) is 35.1 Å². The summed E-state index contributed by atoms with van der Waals surface area (Å²) in [4.78, 5) is 19.8. The minimum absolute atomic E-state index is 0.382. The third-order valence-electron chi connectivity index (χ3n) is 4.31. The van der Waals surface area contributed by atoms with E-state index in [9.17, 15) is 0 Å². The second-order valence-electron chi connectivity index (χ2n) is 5.90.